The van der Waals surface area contributed by atoms with Crippen molar-refractivity contribution in [3.8, 4) is 11.8 Å². The molecule has 0 unspecified atom stereocenters. The third-order valence-corrected chi connectivity index (χ3v) is 2.75. The van der Waals surface area contributed by atoms with Crippen LogP contribution in [-0.4, -0.2) is 23.3 Å². The SMILES string of the molecule is COc1nc(C)cc(=O)n1CCOc1ccc(N)cc1. The molecule has 20 heavy (non-hydrogen) atoms. The molecule has 106 valence electrons. The van der Waals surface area contributed by atoms with Crippen molar-refractivity contribution in [1.29, 1.82) is 0 Å². The maximum Gasteiger partial charge on any atom is 0.299 e. The number of benzene rings is 1. The number of nitrogens with two attached hydrogens (primary N) is 1. The lowest BCUT2D eigenvalue weighted by Crippen LogP contribution is -2.25. The predicted molar refractivity (Wildman–Crippen MR) is 76.1 cm³/mol. The van der Waals surface area contributed by atoms with Gasteiger partial charge in [0.05, 0.1) is 13.7 Å². The third-order valence-electron chi connectivity index (χ3n) is 2.75. The lowest BCUT2D eigenvalue weighted by Gasteiger charge is -2.11. The number of aryl methyl sites for hydroxylation is 1. The third kappa shape index (κ3) is 3.28. The molecule has 0 aliphatic carbocycles. The van der Waals surface area contributed by atoms with Crippen LogP contribution in [0.5, 0.6) is 11.8 Å². The second kappa shape index (κ2) is 6.10. The number of hydrogen-bond acceptors (Lipinski definition) is 5. The highest BCUT2D eigenvalue weighted by molar-refractivity contribution is 5.41. The fourth-order valence-electron chi connectivity index (χ4n) is 1.77. The van der Waals surface area contributed by atoms with Gasteiger partial charge in [0.15, 0.2) is 0 Å². The van der Waals surface area contributed by atoms with Crippen molar-refractivity contribution in [3.05, 3.63) is 46.4 Å². The standard InChI is InChI=1S/C14H17N3O3/c1-10-9-13(18)17(14(16-10)19-2)7-8-20-12-5-3-11(15)4-6-12/h3-6,9H,7-8,15H2,1-2H3. The van der Waals surface area contributed by atoms with Crippen molar-refractivity contribution in [2.24, 2.45) is 0 Å². The summed E-state index contributed by atoms with van der Waals surface area (Å²) in [5, 5.41) is 0. The van der Waals surface area contributed by atoms with Crippen LogP contribution in [0.2, 0.25) is 0 Å². The zero-order chi connectivity index (χ0) is 14.5. The van der Waals surface area contributed by atoms with Gasteiger partial charge in [-0.05, 0) is 31.2 Å². The second-order valence-corrected chi connectivity index (χ2v) is 4.29. The molecule has 0 saturated carbocycles. The van der Waals surface area contributed by atoms with Crippen LogP contribution < -0.4 is 20.8 Å². The van der Waals surface area contributed by atoms with Gasteiger partial charge in [-0.3, -0.25) is 9.36 Å². The van der Waals surface area contributed by atoms with Crippen LogP contribution >= 0.6 is 0 Å². The van der Waals surface area contributed by atoms with Gasteiger partial charge >= 0.3 is 0 Å². The van der Waals surface area contributed by atoms with Gasteiger partial charge in [0.25, 0.3) is 11.6 Å². The number of anilines is 1. The Morgan fingerprint density at radius 2 is 2.00 bits per heavy atom. The van der Waals surface area contributed by atoms with Crippen molar-refractivity contribution in [1.82, 2.24) is 9.55 Å². The minimum absolute atomic E-state index is 0.157. The first-order chi connectivity index (χ1) is 9.60. The van der Waals surface area contributed by atoms with Gasteiger partial charge in [0, 0.05) is 17.4 Å². The lowest BCUT2D eigenvalue weighted by molar-refractivity contribution is 0.274. The number of aromatic nitrogens is 2. The minimum atomic E-state index is -0.157. The summed E-state index contributed by atoms with van der Waals surface area (Å²) >= 11 is 0. The Morgan fingerprint density at radius 3 is 2.65 bits per heavy atom. The van der Waals surface area contributed by atoms with E-state index in [-0.39, 0.29) is 11.6 Å². The number of methoxy groups -OCH3 is 1. The molecule has 1 aromatic carbocycles. The molecule has 0 bridgehead atoms. The van der Waals surface area contributed by atoms with E-state index in [1.165, 1.54) is 17.7 Å². The topological polar surface area (TPSA) is 79.4 Å². The monoisotopic (exact) mass is 275 g/mol. The number of nitrogens with zero attached hydrogens (tertiary/aromatic N) is 2. The van der Waals surface area contributed by atoms with Gasteiger partial charge < -0.3 is 15.2 Å². The van der Waals surface area contributed by atoms with Gasteiger partial charge in [0.2, 0.25) is 0 Å². The molecule has 2 rings (SSSR count). The molecule has 0 aliphatic rings. The predicted octanol–water partition coefficient (Wildman–Crippen LogP) is 1.22. The van der Waals surface area contributed by atoms with E-state index in [0.717, 1.165) is 0 Å². The quantitative estimate of drug-likeness (QED) is 0.830. The van der Waals surface area contributed by atoms with Crippen LogP contribution in [0, 0.1) is 6.92 Å². The molecule has 0 spiro atoms. The number of ether oxygens (including phenoxy) is 2. The maximum absolute atomic E-state index is 11.9. The molecule has 1 aromatic heterocycles. The summed E-state index contributed by atoms with van der Waals surface area (Å²) in [6.07, 6.45) is 0. The second-order valence-electron chi connectivity index (χ2n) is 4.29. The molecule has 2 aromatic rings. The van der Waals surface area contributed by atoms with Crippen LogP contribution in [0.25, 0.3) is 0 Å². The Hall–Kier alpha value is -2.50. The number of hydrogen-bond donors (Lipinski definition) is 1. The van der Waals surface area contributed by atoms with Gasteiger partial charge in [-0.25, -0.2) is 4.98 Å². The van der Waals surface area contributed by atoms with Crippen molar-refractivity contribution in [3.63, 3.8) is 0 Å². The van der Waals surface area contributed by atoms with E-state index < -0.39 is 0 Å². The van der Waals surface area contributed by atoms with Crippen LogP contribution in [0.15, 0.2) is 35.1 Å². The first-order valence-corrected chi connectivity index (χ1v) is 6.21. The maximum atomic E-state index is 11.9. The van der Waals surface area contributed by atoms with Crippen LogP contribution in [-0.2, 0) is 6.54 Å². The normalized spacial score (nSPS) is 10.3. The number of rotatable bonds is 5. The van der Waals surface area contributed by atoms with Crippen LogP contribution in [0.1, 0.15) is 5.69 Å². The van der Waals surface area contributed by atoms with E-state index in [1.54, 1.807) is 31.2 Å². The van der Waals surface area contributed by atoms with E-state index in [9.17, 15) is 4.79 Å². The highest BCUT2D eigenvalue weighted by Gasteiger charge is 2.07. The molecule has 0 radical (unpaired) electrons. The summed E-state index contributed by atoms with van der Waals surface area (Å²) in [7, 11) is 1.48. The van der Waals surface area contributed by atoms with E-state index >= 15 is 0 Å². The summed E-state index contributed by atoms with van der Waals surface area (Å²) in [6.45, 7) is 2.45. The van der Waals surface area contributed by atoms with Crippen LogP contribution in [0.4, 0.5) is 5.69 Å². The Bertz CT molecular complexity index is 635. The van der Waals surface area contributed by atoms with Crippen molar-refractivity contribution >= 4 is 5.69 Å². The molecule has 0 atom stereocenters. The van der Waals surface area contributed by atoms with E-state index in [1.807, 2.05) is 0 Å². The number of nitrogen functional groups attached to an aromatic ring is 1. The van der Waals surface area contributed by atoms with Gasteiger partial charge in [-0.1, -0.05) is 0 Å². The summed E-state index contributed by atoms with van der Waals surface area (Å²) in [5.41, 5.74) is 6.74. The Kier molecular flexibility index (Phi) is 4.24. The Balaban J connectivity index is 2.04. The first kappa shape index (κ1) is 13.9. The zero-order valence-corrected chi connectivity index (χ0v) is 11.5. The van der Waals surface area contributed by atoms with Crippen molar-refractivity contribution in [2.45, 2.75) is 13.5 Å². The molecule has 6 nitrogen and oxygen atoms in total. The van der Waals surface area contributed by atoms with Crippen molar-refractivity contribution in [2.75, 3.05) is 19.5 Å². The molecule has 6 heteroatoms. The average molecular weight is 275 g/mol. The molecule has 1 heterocycles. The molecule has 0 fully saturated rings. The summed E-state index contributed by atoms with van der Waals surface area (Å²) in [6, 6.07) is 8.83. The van der Waals surface area contributed by atoms with Gasteiger partial charge in [0.1, 0.15) is 12.4 Å². The van der Waals surface area contributed by atoms with Gasteiger partial charge in [-0.2, -0.15) is 0 Å². The molecular weight excluding hydrogens is 258 g/mol. The first-order valence-electron chi connectivity index (χ1n) is 6.21. The molecule has 2 N–H and O–H groups in total. The molecule has 0 aliphatic heterocycles. The molecule has 0 amide bonds. The average Bonchev–Trinajstić information content (AvgIpc) is 2.42. The van der Waals surface area contributed by atoms with Crippen molar-refractivity contribution < 1.29 is 9.47 Å². The molecule has 0 saturated heterocycles. The van der Waals surface area contributed by atoms with Gasteiger partial charge in [-0.15, -0.1) is 0 Å². The van der Waals surface area contributed by atoms with E-state index in [4.69, 9.17) is 15.2 Å². The summed E-state index contributed by atoms with van der Waals surface area (Å²) in [5.74, 6) is 0.700. The molecular formula is C14H17N3O3. The van der Waals surface area contributed by atoms with E-state index in [0.29, 0.717) is 30.3 Å². The fourth-order valence-corrected chi connectivity index (χ4v) is 1.77. The zero-order valence-electron chi connectivity index (χ0n) is 11.5. The Morgan fingerprint density at radius 1 is 1.30 bits per heavy atom. The van der Waals surface area contributed by atoms with E-state index in [2.05, 4.69) is 4.98 Å². The minimum Gasteiger partial charge on any atom is -0.492 e. The largest absolute Gasteiger partial charge is 0.492 e. The van der Waals surface area contributed by atoms with Crippen LogP contribution in [0.3, 0.4) is 0 Å². The lowest BCUT2D eigenvalue weighted by atomic mass is 10.3. The smallest absolute Gasteiger partial charge is 0.299 e. The Labute approximate surface area is 116 Å². The highest BCUT2D eigenvalue weighted by atomic mass is 16.5. The summed E-state index contributed by atoms with van der Waals surface area (Å²) < 4.78 is 12.1. The highest BCUT2D eigenvalue weighted by Crippen LogP contribution is 2.13. The summed E-state index contributed by atoms with van der Waals surface area (Å²) in [4.78, 5) is 16.0. The fraction of sp³-hybridized carbons (Fsp3) is 0.286.